The normalized spacial score (nSPS) is 23.0. The fraction of sp³-hybridized carbons (Fsp3) is 0.333. The average molecular weight is 427 g/mol. The number of carboxylic acid groups (broad SMARTS) is 1. The molecule has 0 amide bonds. The number of rotatable bonds is 5. The molecule has 5 nitrogen and oxygen atoms in total. The topological polar surface area (TPSA) is 62.7 Å². The minimum atomic E-state index is -0.682. The molecule has 1 N–H and O–H groups in total. The summed E-state index contributed by atoms with van der Waals surface area (Å²) in [4.78, 5) is 18.2. The monoisotopic (exact) mass is 426 g/mol. The molecule has 0 spiro atoms. The molecular weight excluding hydrogens is 400 g/mol. The molecule has 3 atom stereocenters. The fourth-order valence-corrected chi connectivity index (χ4v) is 5.59. The third-order valence-corrected chi connectivity index (χ3v) is 7.24. The maximum atomic E-state index is 11.3. The van der Waals surface area contributed by atoms with E-state index in [0.29, 0.717) is 12.5 Å². The van der Waals surface area contributed by atoms with Gasteiger partial charge in [-0.2, -0.15) is 0 Å². The minimum Gasteiger partial charge on any atom is -0.481 e. The lowest BCUT2D eigenvalue weighted by Gasteiger charge is -2.25. The van der Waals surface area contributed by atoms with Crippen LogP contribution in [0.1, 0.15) is 41.0 Å². The standard InChI is InChI=1S/C27H26N2O3/c30-27(31)26-21-13-19-14-24(28-15-22(19)25(21)26)32-16-17-9-10-18-6-4-5-11-29(23(18)12-17)20-7-2-1-3-8-20/h1-3,7-10,12,14-15,21,25-26H,4-6,11,13,16H2,(H,30,31). The van der Waals surface area contributed by atoms with Crippen molar-refractivity contribution in [1.82, 2.24) is 4.98 Å². The van der Waals surface area contributed by atoms with Gasteiger partial charge in [-0.25, -0.2) is 4.98 Å². The summed E-state index contributed by atoms with van der Waals surface area (Å²) in [5.74, 6) is 0.111. The van der Waals surface area contributed by atoms with Gasteiger partial charge < -0.3 is 14.7 Å². The van der Waals surface area contributed by atoms with E-state index >= 15 is 0 Å². The summed E-state index contributed by atoms with van der Waals surface area (Å²) in [6.07, 6.45) is 6.13. The van der Waals surface area contributed by atoms with Crippen molar-refractivity contribution >= 4 is 17.3 Å². The van der Waals surface area contributed by atoms with Crippen molar-refractivity contribution in [2.45, 2.75) is 38.2 Å². The van der Waals surface area contributed by atoms with E-state index in [-0.39, 0.29) is 17.8 Å². The molecule has 1 aromatic heterocycles. The van der Waals surface area contributed by atoms with Crippen LogP contribution in [0.25, 0.3) is 0 Å². The Morgan fingerprint density at radius 3 is 2.81 bits per heavy atom. The first kappa shape index (κ1) is 19.4. The molecule has 2 aliphatic carbocycles. The number of aliphatic carboxylic acids is 1. The Hall–Kier alpha value is -3.34. The van der Waals surface area contributed by atoms with Crippen molar-refractivity contribution in [2.24, 2.45) is 11.8 Å². The minimum absolute atomic E-state index is 0.151. The highest BCUT2D eigenvalue weighted by Crippen LogP contribution is 2.61. The number of hydrogen-bond acceptors (Lipinski definition) is 4. The lowest BCUT2D eigenvalue weighted by Crippen LogP contribution is -2.18. The lowest BCUT2D eigenvalue weighted by atomic mass is 10.0. The second kappa shape index (κ2) is 7.66. The first-order valence-electron chi connectivity index (χ1n) is 11.5. The van der Waals surface area contributed by atoms with E-state index in [9.17, 15) is 9.90 Å². The van der Waals surface area contributed by atoms with Crippen LogP contribution in [0.3, 0.4) is 0 Å². The van der Waals surface area contributed by atoms with Crippen LogP contribution in [0, 0.1) is 11.8 Å². The largest absolute Gasteiger partial charge is 0.481 e. The Labute approximate surface area is 187 Å². The molecule has 162 valence electrons. The van der Waals surface area contributed by atoms with Crippen LogP contribution >= 0.6 is 0 Å². The van der Waals surface area contributed by atoms with Gasteiger partial charge in [-0.3, -0.25) is 4.79 Å². The van der Waals surface area contributed by atoms with E-state index in [1.807, 2.05) is 12.3 Å². The number of fused-ring (bicyclic) bond motifs is 4. The molecule has 1 saturated carbocycles. The average Bonchev–Trinajstić information content (AvgIpc) is 3.47. The molecule has 2 heterocycles. The SMILES string of the molecule is O=C(O)C1C2Cc3cc(OCc4ccc5c(c4)N(c4ccccc4)CCCC5)ncc3C21. The van der Waals surface area contributed by atoms with Crippen molar-refractivity contribution in [2.75, 3.05) is 11.4 Å². The Kier molecular flexibility index (Phi) is 4.63. The van der Waals surface area contributed by atoms with Crippen LogP contribution in [0.2, 0.25) is 0 Å². The Morgan fingerprint density at radius 1 is 1.09 bits per heavy atom. The molecule has 6 rings (SSSR count). The van der Waals surface area contributed by atoms with Gasteiger partial charge in [0.2, 0.25) is 5.88 Å². The van der Waals surface area contributed by atoms with Crippen LogP contribution < -0.4 is 9.64 Å². The van der Waals surface area contributed by atoms with Crippen molar-refractivity contribution in [3.05, 3.63) is 83.0 Å². The maximum Gasteiger partial charge on any atom is 0.307 e. The predicted octanol–water partition coefficient (Wildman–Crippen LogP) is 5.11. The fourth-order valence-electron chi connectivity index (χ4n) is 5.59. The zero-order chi connectivity index (χ0) is 21.7. The van der Waals surface area contributed by atoms with Gasteiger partial charge >= 0.3 is 5.97 Å². The molecule has 0 bridgehead atoms. The van der Waals surface area contributed by atoms with Crippen LogP contribution in [-0.2, 0) is 24.2 Å². The van der Waals surface area contributed by atoms with Gasteiger partial charge in [0.15, 0.2) is 0 Å². The van der Waals surface area contributed by atoms with Crippen molar-refractivity contribution in [3.8, 4) is 5.88 Å². The number of benzene rings is 2. The zero-order valence-electron chi connectivity index (χ0n) is 17.9. The van der Waals surface area contributed by atoms with Gasteiger partial charge in [-0.05, 0) is 72.1 Å². The highest BCUT2D eigenvalue weighted by atomic mass is 16.5. The number of aryl methyl sites for hydroxylation is 1. The van der Waals surface area contributed by atoms with E-state index in [1.165, 1.54) is 35.3 Å². The summed E-state index contributed by atoms with van der Waals surface area (Å²) >= 11 is 0. The third-order valence-electron chi connectivity index (χ3n) is 7.24. The van der Waals surface area contributed by atoms with Gasteiger partial charge in [0.05, 0.1) is 5.92 Å². The Morgan fingerprint density at radius 2 is 1.97 bits per heavy atom. The summed E-state index contributed by atoms with van der Waals surface area (Å²) in [5, 5.41) is 9.29. The van der Waals surface area contributed by atoms with Crippen LogP contribution in [0.15, 0.2) is 60.8 Å². The highest BCUT2D eigenvalue weighted by molar-refractivity contribution is 5.77. The molecule has 0 radical (unpaired) electrons. The smallest absolute Gasteiger partial charge is 0.307 e. The second-order valence-corrected chi connectivity index (χ2v) is 9.18. The number of pyridine rings is 1. The lowest BCUT2D eigenvalue weighted by molar-refractivity contribution is -0.139. The van der Waals surface area contributed by atoms with Crippen molar-refractivity contribution in [1.29, 1.82) is 0 Å². The summed E-state index contributed by atoms with van der Waals surface area (Å²) < 4.78 is 6.06. The van der Waals surface area contributed by atoms with Crippen LogP contribution in [0.5, 0.6) is 5.88 Å². The Balaban J connectivity index is 1.20. The summed E-state index contributed by atoms with van der Waals surface area (Å²) in [6, 6.07) is 19.2. The van der Waals surface area contributed by atoms with Gasteiger partial charge in [0.1, 0.15) is 6.61 Å². The molecular formula is C27H26N2O3. The molecule has 0 saturated heterocycles. The summed E-state index contributed by atoms with van der Waals surface area (Å²) in [6.45, 7) is 1.49. The van der Waals surface area contributed by atoms with Crippen molar-refractivity contribution in [3.63, 3.8) is 0 Å². The quantitative estimate of drug-likeness (QED) is 0.615. The number of carboxylic acids is 1. The number of carbonyl (C=O) groups is 1. The molecule has 2 aromatic carbocycles. The summed E-state index contributed by atoms with van der Waals surface area (Å²) in [5.41, 5.74) is 7.31. The number of hydrogen-bond donors (Lipinski definition) is 1. The first-order valence-corrected chi connectivity index (χ1v) is 11.5. The van der Waals surface area contributed by atoms with E-state index < -0.39 is 5.97 Å². The maximum absolute atomic E-state index is 11.3. The number of nitrogens with zero attached hydrogens (tertiary/aromatic N) is 2. The summed E-state index contributed by atoms with van der Waals surface area (Å²) in [7, 11) is 0. The van der Waals surface area contributed by atoms with E-state index in [0.717, 1.165) is 30.5 Å². The molecule has 32 heavy (non-hydrogen) atoms. The molecule has 1 aliphatic heterocycles. The number of para-hydroxylation sites is 1. The first-order chi connectivity index (χ1) is 15.7. The van der Waals surface area contributed by atoms with Gasteiger partial charge in [-0.1, -0.05) is 30.3 Å². The molecule has 1 fully saturated rings. The van der Waals surface area contributed by atoms with Gasteiger partial charge in [0, 0.05) is 36.1 Å². The van der Waals surface area contributed by atoms with Gasteiger partial charge in [0.25, 0.3) is 0 Å². The van der Waals surface area contributed by atoms with Crippen molar-refractivity contribution < 1.29 is 14.6 Å². The molecule has 5 heteroatoms. The highest BCUT2D eigenvalue weighted by Gasteiger charge is 2.59. The van der Waals surface area contributed by atoms with E-state index in [4.69, 9.17) is 4.74 Å². The molecule has 3 unspecified atom stereocenters. The van der Waals surface area contributed by atoms with E-state index in [2.05, 4.69) is 58.4 Å². The second-order valence-electron chi connectivity index (χ2n) is 9.18. The number of ether oxygens (including phenoxy) is 1. The zero-order valence-corrected chi connectivity index (χ0v) is 17.9. The van der Waals surface area contributed by atoms with Crippen LogP contribution in [0.4, 0.5) is 11.4 Å². The third kappa shape index (κ3) is 3.32. The molecule has 3 aromatic rings. The van der Waals surface area contributed by atoms with E-state index in [1.54, 1.807) is 0 Å². The number of anilines is 2. The van der Waals surface area contributed by atoms with Crippen LogP contribution in [-0.4, -0.2) is 22.6 Å². The number of aromatic nitrogens is 1. The molecule has 3 aliphatic rings. The Bertz CT molecular complexity index is 1180. The van der Waals surface area contributed by atoms with Gasteiger partial charge in [-0.15, -0.1) is 0 Å². The predicted molar refractivity (Wildman–Crippen MR) is 122 cm³/mol.